The van der Waals surface area contributed by atoms with Gasteiger partial charge in [0.2, 0.25) is 6.23 Å². The highest BCUT2D eigenvalue weighted by Gasteiger charge is 2.61. The maximum Gasteiger partial charge on any atom is 0.351 e. The van der Waals surface area contributed by atoms with Crippen LogP contribution in [-0.2, 0) is 4.74 Å². The first kappa shape index (κ1) is 14.4. The minimum Gasteiger partial charge on any atom is -0.384 e. The second-order valence-corrected chi connectivity index (χ2v) is 4.23. The number of nitrogens with two attached hydrogens (primary N) is 1. The van der Waals surface area contributed by atoms with Crippen LogP contribution in [0.2, 0.25) is 0 Å². The van der Waals surface area contributed by atoms with Crippen molar-refractivity contribution in [2.45, 2.75) is 30.5 Å². The summed E-state index contributed by atoms with van der Waals surface area (Å²) in [6.07, 6.45) is -2.09. The van der Waals surface area contributed by atoms with Crippen molar-refractivity contribution >= 4 is 5.82 Å². The Kier molecular flexibility index (Phi) is 3.47. The van der Waals surface area contributed by atoms with Crippen molar-refractivity contribution in [3.8, 4) is 12.3 Å². The average molecular weight is 287 g/mol. The molecule has 1 aromatic heterocycles. The zero-order valence-electron chi connectivity index (χ0n) is 9.98. The molecule has 2 rings (SSSR count). The number of aliphatic hydroxyl groups is 2. The first-order chi connectivity index (χ1) is 9.28. The summed E-state index contributed by atoms with van der Waals surface area (Å²) in [6, 6.07) is 1.12. The number of aliphatic hydroxyl groups excluding tert-OH is 2. The molecule has 1 saturated heterocycles. The topological polar surface area (TPSA) is 111 Å². The first-order valence-electron chi connectivity index (χ1n) is 5.49. The SMILES string of the molecule is C#C[C@H](O)[C@H]1O[C@@H](n2ccc(N)nc2=O)C(F)(F)[C@@H]1O. The molecule has 1 fully saturated rings. The largest absolute Gasteiger partial charge is 0.384 e. The maximum atomic E-state index is 13.9. The normalized spacial score (nSPS) is 29.9. The van der Waals surface area contributed by atoms with Crippen molar-refractivity contribution in [1.29, 1.82) is 0 Å². The van der Waals surface area contributed by atoms with Crippen LogP contribution in [0.5, 0.6) is 0 Å². The standard InChI is InChI=1S/C11H11F2N3O4/c1-2-5(17)7-8(18)11(12,13)9(20-7)16-4-3-6(14)15-10(16)19/h1,3-5,7-9,17-18H,(H2,14,15,19)/t5-,7+,8+,9+/m0/s1. The minimum atomic E-state index is -3.83. The van der Waals surface area contributed by atoms with E-state index in [1.54, 1.807) is 5.92 Å². The Labute approximate surface area is 111 Å². The molecule has 0 spiro atoms. The van der Waals surface area contributed by atoms with Crippen LogP contribution < -0.4 is 11.4 Å². The minimum absolute atomic E-state index is 0.145. The number of hydrogen-bond acceptors (Lipinski definition) is 6. The summed E-state index contributed by atoms with van der Waals surface area (Å²) in [5, 5.41) is 18.9. The molecule has 4 N–H and O–H groups in total. The Morgan fingerprint density at radius 1 is 1.65 bits per heavy atom. The number of nitrogen functional groups attached to an aromatic ring is 1. The number of nitrogens with zero attached hydrogens (tertiary/aromatic N) is 2. The molecular formula is C11H11F2N3O4. The van der Waals surface area contributed by atoms with E-state index in [4.69, 9.17) is 16.9 Å². The van der Waals surface area contributed by atoms with Crippen LogP contribution in [0.25, 0.3) is 0 Å². The number of aromatic nitrogens is 2. The number of rotatable bonds is 2. The van der Waals surface area contributed by atoms with Gasteiger partial charge in [0.05, 0.1) is 0 Å². The van der Waals surface area contributed by atoms with Gasteiger partial charge in [0, 0.05) is 6.20 Å². The van der Waals surface area contributed by atoms with Crippen molar-refractivity contribution in [3.05, 3.63) is 22.7 Å². The van der Waals surface area contributed by atoms with Gasteiger partial charge in [0.1, 0.15) is 18.0 Å². The second-order valence-electron chi connectivity index (χ2n) is 4.23. The quantitative estimate of drug-likeness (QED) is 0.584. The van der Waals surface area contributed by atoms with E-state index in [-0.39, 0.29) is 5.82 Å². The van der Waals surface area contributed by atoms with E-state index in [9.17, 15) is 23.8 Å². The lowest BCUT2D eigenvalue weighted by molar-refractivity contribution is -0.141. The molecule has 2 heterocycles. The lowest BCUT2D eigenvalue weighted by atomic mass is 10.1. The van der Waals surface area contributed by atoms with Crippen LogP contribution in [-0.4, -0.2) is 44.0 Å². The molecule has 7 nitrogen and oxygen atoms in total. The first-order valence-corrected chi connectivity index (χ1v) is 5.49. The van der Waals surface area contributed by atoms with E-state index in [0.717, 1.165) is 12.3 Å². The highest BCUT2D eigenvalue weighted by atomic mass is 19.3. The van der Waals surface area contributed by atoms with Crippen molar-refractivity contribution in [2.75, 3.05) is 5.73 Å². The van der Waals surface area contributed by atoms with Crippen molar-refractivity contribution in [3.63, 3.8) is 0 Å². The molecule has 0 unspecified atom stereocenters. The zero-order valence-corrected chi connectivity index (χ0v) is 9.98. The fraction of sp³-hybridized carbons (Fsp3) is 0.455. The number of hydrogen-bond donors (Lipinski definition) is 3. The molecule has 0 amide bonds. The summed E-state index contributed by atoms with van der Waals surface area (Å²) in [7, 11) is 0. The fourth-order valence-corrected chi connectivity index (χ4v) is 1.88. The van der Waals surface area contributed by atoms with Crippen LogP contribution in [0.4, 0.5) is 14.6 Å². The van der Waals surface area contributed by atoms with Gasteiger partial charge in [0.15, 0.2) is 6.10 Å². The van der Waals surface area contributed by atoms with Crippen LogP contribution in [0, 0.1) is 12.3 Å². The van der Waals surface area contributed by atoms with E-state index in [1.807, 2.05) is 0 Å². The third kappa shape index (κ3) is 2.14. The van der Waals surface area contributed by atoms with E-state index < -0.39 is 36.2 Å². The zero-order chi connectivity index (χ0) is 15.1. The monoisotopic (exact) mass is 287 g/mol. The van der Waals surface area contributed by atoms with Crippen LogP contribution >= 0.6 is 0 Å². The lowest BCUT2D eigenvalue weighted by Crippen LogP contribution is -2.43. The Bertz CT molecular complexity index is 612. The van der Waals surface area contributed by atoms with Gasteiger partial charge in [-0.2, -0.15) is 13.8 Å². The van der Waals surface area contributed by atoms with Gasteiger partial charge in [-0.15, -0.1) is 6.42 Å². The summed E-state index contributed by atoms with van der Waals surface area (Å²) in [5.41, 5.74) is 4.18. The molecule has 0 radical (unpaired) electrons. The molecule has 9 heteroatoms. The Balaban J connectivity index is 2.42. The molecule has 108 valence electrons. The average Bonchev–Trinajstić information content (AvgIpc) is 2.61. The van der Waals surface area contributed by atoms with Crippen LogP contribution in [0.1, 0.15) is 6.23 Å². The third-order valence-electron chi connectivity index (χ3n) is 2.91. The maximum absolute atomic E-state index is 13.9. The van der Waals surface area contributed by atoms with E-state index in [0.29, 0.717) is 4.57 Å². The Hall–Kier alpha value is -2.02. The molecule has 0 bridgehead atoms. The smallest absolute Gasteiger partial charge is 0.351 e. The van der Waals surface area contributed by atoms with Gasteiger partial charge in [-0.05, 0) is 6.07 Å². The predicted molar refractivity (Wildman–Crippen MR) is 62.6 cm³/mol. The molecule has 0 saturated carbocycles. The highest BCUT2D eigenvalue weighted by Crippen LogP contribution is 2.43. The van der Waals surface area contributed by atoms with Gasteiger partial charge in [-0.25, -0.2) is 4.79 Å². The Morgan fingerprint density at radius 3 is 2.85 bits per heavy atom. The summed E-state index contributed by atoms with van der Waals surface area (Å²) in [5.74, 6) is -2.19. The molecular weight excluding hydrogens is 276 g/mol. The number of terminal acetylenes is 1. The molecule has 20 heavy (non-hydrogen) atoms. The number of halogens is 2. The lowest BCUT2D eigenvalue weighted by Gasteiger charge is -2.20. The highest BCUT2D eigenvalue weighted by molar-refractivity contribution is 5.23. The summed E-state index contributed by atoms with van der Waals surface area (Å²) < 4.78 is 33.2. The van der Waals surface area contributed by atoms with E-state index >= 15 is 0 Å². The molecule has 4 atom stereocenters. The van der Waals surface area contributed by atoms with E-state index in [1.165, 1.54) is 0 Å². The molecule has 1 aliphatic rings. The van der Waals surface area contributed by atoms with Gasteiger partial charge in [-0.1, -0.05) is 5.92 Å². The summed E-state index contributed by atoms with van der Waals surface area (Å²) >= 11 is 0. The number of ether oxygens (including phenoxy) is 1. The summed E-state index contributed by atoms with van der Waals surface area (Å²) in [6.45, 7) is 0. The Morgan fingerprint density at radius 2 is 2.30 bits per heavy atom. The fourth-order valence-electron chi connectivity index (χ4n) is 1.88. The van der Waals surface area contributed by atoms with Gasteiger partial charge < -0.3 is 20.7 Å². The predicted octanol–water partition coefficient (Wildman–Crippen LogP) is -1.29. The molecule has 1 aromatic rings. The van der Waals surface area contributed by atoms with Crippen molar-refractivity contribution in [1.82, 2.24) is 9.55 Å². The molecule has 1 aliphatic heterocycles. The van der Waals surface area contributed by atoms with Gasteiger partial charge >= 0.3 is 11.6 Å². The second kappa shape index (κ2) is 4.82. The molecule has 0 aliphatic carbocycles. The van der Waals surface area contributed by atoms with Crippen LogP contribution in [0.15, 0.2) is 17.1 Å². The van der Waals surface area contributed by atoms with Crippen molar-refractivity contribution in [2.24, 2.45) is 0 Å². The van der Waals surface area contributed by atoms with Crippen LogP contribution in [0.3, 0.4) is 0 Å². The van der Waals surface area contributed by atoms with Gasteiger partial charge in [0.25, 0.3) is 0 Å². The number of anilines is 1. The number of alkyl halides is 2. The van der Waals surface area contributed by atoms with Crippen molar-refractivity contribution < 1.29 is 23.7 Å². The third-order valence-corrected chi connectivity index (χ3v) is 2.91. The summed E-state index contributed by atoms with van der Waals surface area (Å²) in [4.78, 5) is 14.8. The molecule has 0 aromatic carbocycles. The van der Waals surface area contributed by atoms with E-state index in [2.05, 4.69) is 4.98 Å². The van der Waals surface area contributed by atoms with Gasteiger partial charge in [-0.3, -0.25) is 4.57 Å².